The zero-order valence-corrected chi connectivity index (χ0v) is 13.3. The van der Waals surface area contributed by atoms with Gasteiger partial charge in [0.05, 0.1) is 0 Å². The number of aromatic nitrogens is 3. The molecular weight excluding hydrogens is 260 g/mol. The highest BCUT2D eigenvalue weighted by molar-refractivity contribution is 5.29. The number of hydrogen-bond acceptors (Lipinski definition) is 3. The SMILES string of the molecule is CCCNC(Cc1ncnn1CCC)c1ccccc1C. The number of aryl methyl sites for hydroxylation is 2. The molecule has 0 saturated heterocycles. The van der Waals surface area contributed by atoms with Gasteiger partial charge in [-0.1, -0.05) is 38.1 Å². The van der Waals surface area contributed by atoms with E-state index < -0.39 is 0 Å². The summed E-state index contributed by atoms with van der Waals surface area (Å²) in [5.41, 5.74) is 2.68. The molecule has 1 aromatic heterocycles. The molecule has 0 radical (unpaired) electrons. The van der Waals surface area contributed by atoms with Gasteiger partial charge in [-0.05, 0) is 37.4 Å². The van der Waals surface area contributed by atoms with E-state index in [1.165, 1.54) is 11.1 Å². The molecule has 114 valence electrons. The Balaban J connectivity index is 2.20. The molecule has 1 aromatic carbocycles. The quantitative estimate of drug-likeness (QED) is 0.810. The Bertz CT molecular complexity index is 547. The Morgan fingerprint density at radius 2 is 2.00 bits per heavy atom. The normalized spacial score (nSPS) is 12.5. The lowest BCUT2D eigenvalue weighted by atomic mass is 9.98. The van der Waals surface area contributed by atoms with Gasteiger partial charge in [0.2, 0.25) is 0 Å². The van der Waals surface area contributed by atoms with Crippen molar-refractivity contribution >= 4 is 0 Å². The summed E-state index contributed by atoms with van der Waals surface area (Å²) >= 11 is 0. The van der Waals surface area contributed by atoms with E-state index in [2.05, 4.69) is 60.4 Å². The number of nitrogens with zero attached hydrogens (tertiary/aromatic N) is 3. The second-order valence-corrected chi connectivity index (χ2v) is 5.47. The van der Waals surface area contributed by atoms with Gasteiger partial charge in [0, 0.05) is 19.0 Å². The third-order valence-electron chi connectivity index (χ3n) is 3.72. The van der Waals surface area contributed by atoms with Crippen molar-refractivity contribution in [1.29, 1.82) is 0 Å². The molecule has 0 aliphatic carbocycles. The lowest BCUT2D eigenvalue weighted by Gasteiger charge is -2.21. The summed E-state index contributed by atoms with van der Waals surface area (Å²) in [6.45, 7) is 8.48. The lowest BCUT2D eigenvalue weighted by molar-refractivity contribution is 0.487. The van der Waals surface area contributed by atoms with Crippen LogP contribution in [-0.2, 0) is 13.0 Å². The lowest BCUT2D eigenvalue weighted by Crippen LogP contribution is -2.26. The molecule has 0 fully saturated rings. The number of hydrogen-bond donors (Lipinski definition) is 1. The molecule has 1 N–H and O–H groups in total. The largest absolute Gasteiger partial charge is 0.310 e. The molecule has 1 heterocycles. The zero-order valence-electron chi connectivity index (χ0n) is 13.3. The molecule has 2 aromatic rings. The van der Waals surface area contributed by atoms with Gasteiger partial charge in [-0.25, -0.2) is 4.98 Å². The number of benzene rings is 1. The molecule has 0 aliphatic rings. The first-order valence-electron chi connectivity index (χ1n) is 7.91. The molecule has 21 heavy (non-hydrogen) atoms. The van der Waals surface area contributed by atoms with Crippen LogP contribution in [-0.4, -0.2) is 21.3 Å². The molecule has 1 unspecified atom stereocenters. The van der Waals surface area contributed by atoms with Crippen LogP contribution >= 0.6 is 0 Å². The van der Waals surface area contributed by atoms with Crippen LogP contribution in [0.3, 0.4) is 0 Å². The Morgan fingerprint density at radius 3 is 2.71 bits per heavy atom. The van der Waals surface area contributed by atoms with Crippen molar-refractivity contribution in [2.24, 2.45) is 0 Å². The van der Waals surface area contributed by atoms with Crippen molar-refractivity contribution in [2.75, 3.05) is 6.54 Å². The van der Waals surface area contributed by atoms with E-state index >= 15 is 0 Å². The Kier molecular flexibility index (Phi) is 5.93. The van der Waals surface area contributed by atoms with Gasteiger partial charge >= 0.3 is 0 Å². The summed E-state index contributed by atoms with van der Waals surface area (Å²) in [5.74, 6) is 1.06. The van der Waals surface area contributed by atoms with Crippen LogP contribution in [0.1, 0.15) is 49.7 Å². The van der Waals surface area contributed by atoms with Crippen molar-refractivity contribution in [2.45, 2.75) is 52.6 Å². The van der Waals surface area contributed by atoms with Crippen molar-refractivity contribution < 1.29 is 0 Å². The fourth-order valence-electron chi connectivity index (χ4n) is 2.62. The van der Waals surface area contributed by atoms with E-state index in [1.807, 2.05) is 4.68 Å². The van der Waals surface area contributed by atoms with Gasteiger partial charge in [-0.15, -0.1) is 0 Å². The van der Waals surface area contributed by atoms with E-state index in [0.717, 1.165) is 38.2 Å². The topological polar surface area (TPSA) is 42.7 Å². The molecule has 4 heteroatoms. The molecule has 2 rings (SSSR count). The van der Waals surface area contributed by atoms with Gasteiger partial charge in [0.25, 0.3) is 0 Å². The van der Waals surface area contributed by atoms with Gasteiger partial charge in [-0.3, -0.25) is 4.68 Å². The molecule has 0 spiro atoms. The maximum absolute atomic E-state index is 4.45. The van der Waals surface area contributed by atoms with Gasteiger partial charge < -0.3 is 5.32 Å². The third-order valence-corrected chi connectivity index (χ3v) is 3.72. The number of nitrogens with one attached hydrogen (secondary N) is 1. The third kappa shape index (κ3) is 4.14. The minimum atomic E-state index is 0.297. The summed E-state index contributed by atoms with van der Waals surface area (Å²) in [4.78, 5) is 4.45. The highest BCUT2D eigenvalue weighted by Gasteiger charge is 2.16. The molecule has 4 nitrogen and oxygen atoms in total. The maximum atomic E-state index is 4.45. The van der Waals surface area contributed by atoms with E-state index in [4.69, 9.17) is 0 Å². The van der Waals surface area contributed by atoms with Crippen LogP contribution in [0.25, 0.3) is 0 Å². The smallest absolute Gasteiger partial charge is 0.138 e. The van der Waals surface area contributed by atoms with Crippen molar-refractivity contribution in [1.82, 2.24) is 20.1 Å². The van der Waals surface area contributed by atoms with Crippen LogP contribution in [0.15, 0.2) is 30.6 Å². The first-order valence-corrected chi connectivity index (χ1v) is 7.91. The van der Waals surface area contributed by atoms with E-state index in [1.54, 1.807) is 6.33 Å². The minimum Gasteiger partial charge on any atom is -0.310 e. The Hall–Kier alpha value is -1.68. The van der Waals surface area contributed by atoms with Crippen LogP contribution in [0.4, 0.5) is 0 Å². The fourth-order valence-corrected chi connectivity index (χ4v) is 2.62. The summed E-state index contributed by atoms with van der Waals surface area (Å²) in [6, 6.07) is 8.89. The predicted octanol–water partition coefficient (Wildman–Crippen LogP) is 3.28. The summed E-state index contributed by atoms with van der Waals surface area (Å²) in [7, 11) is 0. The van der Waals surface area contributed by atoms with E-state index in [9.17, 15) is 0 Å². The van der Waals surface area contributed by atoms with Crippen LogP contribution in [0, 0.1) is 6.92 Å². The average molecular weight is 286 g/mol. The second kappa shape index (κ2) is 7.93. The van der Waals surface area contributed by atoms with Gasteiger partial charge in [0.1, 0.15) is 12.2 Å². The Morgan fingerprint density at radius 1 is 1.19 bits per heavy atom. The first-order chi connectivity index (χ1) is 10.3. The van der Waals surface area contributed by atoms with E-state index in [-0.39, 0.29) is 0 Å². The highest BCUT2D eigenvalue weighted by Crippen LogP contribution is 2.21. The summed E-state index contributed by atoms with van der Waals surface area (Å²) in [6.07, 6.45) is 4.75. The van der Waals surface area contributed by atoms with Crippen molar-refractivity contribution in [3.05, 3.63) is 47.5 Å². The standard InChI is InChI=1S/C17H26N4/c1-4-10-18-16(15-9-7-6-8-14(15)3)12-17-19-13-20-21(17)11-5-2/h6-9,13,16,18H,4-5,10-12H2,1-3H3. The highest BCUT2D eigenvalue weighted by atomic mass is 15.3. The minimum absolute atomic E-state index is 0.297. The monoisotopic (exact) mass is 286 g/mol. The van der Waals surface area contributed by atoms with Crippen LogP contribution in [0.5, 0.6) is 0 Å². The first kappa shape index (κ1) is 15.7. The average Bonchev–Trinajstić information content (AvgIpc) is 2.92. The predicted molar refractivity (Wildman–Crippen MR) is 86.2 cm³/mol. The second-order valence-electron chi connectivity index (χ2n) is 5.47. The molecule has 0 bridgehead atoms. The van der Waals surface area contributed by atoms with Crippen molar-refractivity contribution in [3.63, 3.8) is 0 Å². The molecule has 0 aliphatic heterocycles. The summed E-state index contributed by atoms with van der Waals surface area (Å²) < 4.78 is 2.03. The molecule has 0 amide bonds. The zero-order chi connectivity index (χ0) is 15.1. The Labute approximate surface area is 127 Å². The maximum Gasteiger partial charge on any atom is 0.138 e. The van der Waals surface area contributed by atoms with Gasteiger partial charge in [-0.2, -0.15) is 5.10 Å². The van der Waals surface area contributed by atoms with Gasteiger partial charge in [0.15, 0.2) is 0 Å². The summed E-state index contributed by atoms with van der Waals surface area (Å²) in [5, 5.41) is 7.99. The molecular formula is C17H26N4. The number of rotatable bonds is 8. The van der Waals surface area contributed by atoms with E-state index in [0.29, 0.717) is 6.04 Å². The fraction of sp³-hybridized carbons (Fsp3) is 0.529. The molecule has 0 saturated carbocycles. The van der Waals surface area contributed by atoms with Crippen LogP contribution < -0.4 is 5.32 Å². The molecule has 1 atom stereocenters. The van der Waals surface area contributed by atoms with Crippen LogP contribution in [0.2, 0.25) is 0 Å². The van der Waals surface area contributed by atoms with Crippen molar-refractivity contribution in [3.8, 4) is 0 Å².